The lowest BCUT2D eigenvalue weighted by Gasteiger charge is -2.29. The van der Waals surface area contributed by atoms with Crippen LogP contribution in [0.5, 0.6) is 0 Å². The molecular formula is C15H19N3O3S. The molecule has 1 amide bonds. The molecule has 1 saturated heterocycles. The number of aryl methyl sites for hydroxylation is 1. The quantitative estimate of drug-likeness (QED) is 0.918. The fourth-order valence-corrected chi connectivity index (χ4v) is 3.08. The molecule has 0 unspecified atom stereocenters. The van der Waals surface area contributed by atoms with Crippen molar-refractivity contribution in [2.45, 2.75) is 19.8 Å². The summed E-state index contributed by atoms with van der Waals surface area (Å²) in [6, 6.07) is 7.22. The number of likely N-dealkylation sites (tertiary alicyclic amines) is 1. The number of hydrogen-bond acceptors (Lipinski definition) is 4. The van der Waals surface area contributed by atoms with Gasteiger partial charge in [0.05, 0.1) is 18.0 Å². The molecule has 0 atom stereocenters. The number of rotatable bonds is 3. The molecule has 2 rings (SSSR count). The highest BCUT2D eigenvalue weighted by molar-refractivity contribution is 7.92. The largest absolute Gasteiger partial charge is 0.339 e. The average Bonchev–Trinajstić information content (AvgIpc) is 2.47. The molecule has 1 N–H and O–H groups in total. The second kappa shape index (κ2) is 6.36. The van der Waals surface area contributed by atoms with Crippen molar-refractivity contribution in [3.05, 3.63) is 29.3 Å². The van der Waals surface area contributed by atoms with Gasteiger partial charge in [-0.05, 0) is 37.5 Å². The second-order valence-corrected chi connectivity index (χ2v) is 7.35. The lowest BCUT2D eigenvalue weighted by molar-refractivity contribution is 0.0707. The predicted molar refractivity (Wildman–Crippen MR) is 83.9 cm³/mol. The molecule has 1 aromatic rings. The van der Waals surface area contributed by atoms with E-state index < -0.39 is 10.0 Å². The number of sulfonamides is 1. The van der Waals surface area contributed by atoms with Gasteiger partial charge in [0.2, 0.25) is 10.0 Å². The summed E-state index contributed by atoms with van der Waals surface area (Å²) >= 11 is 0. The van der Waals surface area contributed by atoms with Gasteiger partial charge >= 0.3 is 0 Å². The van der Waals surface area contributed by atoms with Crippen LogP contribution in [0, 0.1) is 24.2 Å². The highest BCUT2D eigenvalue weighted by atomic mass is 32.2. The molecule has 0 spiro atoms. The minimum absolute atomic E-state index is 0.0181. The fraction of sp³-hybridized carbons (Fsp3) is 0.467. The Morgan fingerprint density at radius 2 is 2.00 bits per heavy atom. The summed E-state index contributed by atoms with van der Waals surface area (Å²) in [7, 11) is -3.39. The molecule has 0 radical (unpaired) electrons. The highest BCUT2D eigenvalue weighted by Crippen LogP contribution is 2.22. The molecule has 0 aliphatic carbocycles. The summed E-state index contributed by atoms with van der Waals surface area (Å²) < 4.78 is 25.2. The van der Waals surface area contributed by atoms with Gasteiger partial charge in [0.15, 0.2) is 0 Å². The van der Waals surface area contributed by atoms with Gasteiger partial charge < -0.3 is 4.90 Å². The van der Waals surface area contributed by atoms with Crippen molar-refractivity contribution in [3.8, 4) is 6.07 Å². The van der Waals surface area contributed by atoms with E-state index in [9.17, 15) is 13.2 Å². The Hall–Kier alpha value is -2.07. The van der Waals surface area contributed by atoms with Gasteiger partial charge in [-0.2, -0.15) is 5.26 Å². The molecule has 1 aromatic carbocycles. The maximum atomic E-state index is 12.5. The third-order valence-electron chi connectivity index (χ3n) is 3.74. The number of nitrogens with zero attached hydrogens (tertiary/aromatic N) is 2. The van der Waals surface area contributed by atoms with Crippen molar-refractivity contribution in [3.63, 3.8) is 0 Å². The Morgan fingerprint density at radius 3 is 2.55 bits per heavy atom. The van der Waals surface area contributed by atoms with Gasteiger partial charge in [0, 0.05) is 24.6 Å². The van der Waals surface area contributed by atoms with Crippen LogP contribution in [0.1, 0.15) is 28.8 Å². The maximum absolute atomic E-state index is 12.5. The van der Waals surface area contributed by atoms with E-state index in [-0.39, 0.29) is 11.8 Å². The van der Waals surface area contributed by atoms with E-state index in [4.69, 9.17) is 5.26 Å². The Bertz CT molecular complexity index is 714. The van der Waals surface area contributed by atoms with Crippen LogP contribution in [-0.4, -0.2) is 38.6 Å². The summed E-state index contributed by atoms with van der Waals surface area (Å²) in [6.45, 7) is 2.89. The number of amides is 1. The van der Waals surface area contributed by atoms with Crippen LogP contribution in [-0.2, 0) is 10.0 Å². The van der Waals surface area contributed by atoms with Gasteiger partial charge in [-0.1, -0.05) is 6.07 Å². The molecule has 7 heteroatoms. The maximum Gasteiger partial charge on any atom is 0.253 e. The van der Waals surface area contributed by atoms with Gasteiger partial charge in [-0.3, -0.25) is 9.52 Å². The lowest BCUT2D eigenvalue weighted by atomic mass is 9.98. The normalized spacial score (nSPS) is 16.1. The molecule has 1 aliphatic heterocycles. The summed E-state index contributed by atoms with van der Waals surface area (Å²) in [5.74, 6) is -0.113. The Morgan fingerprint density at radius 1 is 1.36 bits per heavy atom. The van der Waals surface area contributed by atoms with Gasteiger partial charge in [-0.15, -0.1) is 0 Å². The van der Waals surface area contributed by atoms with E-state index in [1.54, 1.807) is 30.0 Å². The molecule has 0 saturated carbocycles. The third-order valence-corrected chi connectivity index (χ3v) is 4.34. The number of benzene rings is 1. The average molecular weight is 321 g/mol. The first-order valence-corrected chi connectivity index (χ1v) is 8.96. The first-order valence-electron chi connectivity index (χ1n) is 7.07. The number of anilines is 1. The van der Waals surface area contributed by atoms with Crippen molar-refractivity contribution >= 4 is 21.6 Å². The molecule has 6 nitrogen and oxygen atoms in total. The van der Waals surface area contributed by atoms with Crippen molar-refractivity contribution in [2.24, 2.45) is 5.92 Å². The van der Waals surface area contributed by atoms with E-state index >= 15 is 0 Å². The molecule has 0 bridgehead atoms. The molecule has 1 heterocycles. The fourth-order valence-electron chi connectivity index (χ4n) is 2.46. The summed E-state index contributed by atoms with van der Waals surface area (Å²) in [6.07, 6.45) is 2.44. The minimum Gasteiger partial charge on any atom is -0.339 e. The van der Waals surface area contributed by atoms with Crippen LogP contribution >= 0.6 is 0 Å². The van der Waals surface area contributed by atoms with Crippen LogP contribution in [0.15, 0.2) is 18.2 Å². The number of nitrogens with one attached hydrogen (secondary N) is 1. The number of piperidine rings is 1. The first-order chi connectivity index (χ1) is 10.3. The topological polar surface area (TPSA) is 90.3 Å². The zero-order valence-corrected chi connectivity index (χ0v) is 13.5. The lowest BCUT2D eigenvalue weighted by Crippen LogP contribution is -2.38. The highest BCUT2D eigenvalue weighted by Gasteiger charge is 2.23. The molecule has 118 valence electrons. The van der Waals surface area contributed by atoms with E-state index in [2.05, 4.69) is 10.8 Å². The van der Waals surface area contributed by atoms with Gasteiger partial charge in [0.25, 0.3) is 5.91 Å². The minimum atomic E-state index is -3.39. The monoisotopic (exact) mass is 321 g/mol. The number of carbonyl (C=O) groups excluding carboxylic acids is 1. The number of hydrogen-bond donors (Lipinski definition) is 1. The van der Waals surface area contributed by atoms with Crippen LogP contribution in [0.2, 0.25) is 0 Å². The van der Waals surface area contributed by atoms with E-state index in [1.807, 2.05) is 0 Å². The first kappa shape index (κ1) is 16.3. The van der Waals surface area contributed by atoms with Crippen molar-refractivity contribution in [1.82, 2.24) is 4.90 Å². The van der Waals surface area contributed by atoms with Gasteiger partial charge in [0.1, 0.15) is 0 Å². The SMILES string of the molecule is Cc1ccc(C(=O)N2CCC(C#N)CC2)cc1NS(C)(=O)=O. The van der Waals surface area contributed by atoms with Crippen molar-refractivity contribution < 1.29 is 13.2 Å². The molecule has 1 fully saturated rings. The standard InChI is InChI=1S/C15H19N3O3S/c1-11-3-4-13(9-14(11)17-22(2,20)21)15(19)18-7-5-12(10-16)6-8-18/h3-4,9,12,17H,5-8H2,1-2H3. The van der Waals surface area contributed by atoms with E-state index in [0.717, 1.165) is 11.8 Å². The van der Waals surface area contributed by atoms with Crippen LogP contribution in [0.25, 0.3) is 0 Å². The van der Waals surface area contributed by atoms with Gasteiger partial charge in [-0.25, -0.2) is 8.42 Å². The van der Waals surface area contributed by atoms with E-state index in [1.165, 1.54) is 0 Å². The zero-order valence-electron chi connectivity index (χ0n) is 12.7. The summed E-state index contributed by atoms with van der Waals surface area (Å²) in [5, 5.41) is 8.89. The van der Waals surface area contributed by atoms with Crippen LogP contribution in [0.4, 0.5) is 5.69 Å². The number of carbonyl (C=O) groups is 1. The third kappa shape index (κ3) is 3.98. The van der Waals surface area contributed by atoms with E-state index in [0.29, 0.717) is 37.2 Å². The zero-order chi connectivity index (χ0) is 16.3. The summed E-state index contributed by atoms with van der Waals surface area (Å²) in [5.41, 5.74) is 1.62. The molecule has 1 aliphatic rings. The van der Waals surface area contributed by atoms with Crippen LogP contribution in [0.3, 0.4) is 0 Å². The Balaban J connectivity index is 2.17. The second-order valence-electron chi connectivity index (χ2n) is 5.60. The Labute approximate surface area is 130 Å². The smallest absolute Gasteiger partial charge is 0.253 e. The Kier molecular flexibility index (Phi) is 4.71. The summed E-state index contributed by atoms with van der Waals surface area (Å²) in [4.78, 5) is 14.2. The molecule has 22 heavy (non-hydrogen) atoms. The predicted octanol–water partition coefficient (Wildman–Crippen LogP) is 1.74. The molecule has 0 aromatic heterocycles. The van der Waals surface area contributed by atoms with Crippen molar-refractivity contribution in [1.29, 1.82) is 5.26 Å². The molecular weight excluding hydrogens is 302 g/mol. The van der Waals surface area contributed by atoms with Crippen molar-refractivity contribution in [2.75, 3.05) is 24.1 Å². The van der Waals surface area contributed by atoms with Crippen LogP contribution < -0.4 is 4.72 Å². The number of nitriles is 1.